The van der Waals surface area contributed by atoms with Crippen LogP contribution in [0.4, 0.5) is 5.69 Å². The molecule has 2 rings (SSSR count). The summed E-state index contributed by atoms with van der Waals surface area (Å²) in [5, 5.41) is 0.456. The quantitative estimate of drug-likeness (QED) is 0.830. The molecule has 1 aromatic rings. The van der Waals surface area contributed by atoms with Crippen molar-refractivity contribution in [2.45, 2.75) is 17.7 Å². The zero-order valence-corrected chi connectivity index (χ0v) is 9.68. The summed E-state index contributed by atoms with van der Waals surface area (Å²) in [6, 6.07) is 4.51. The largest absolute Gasteiger partial charge is 0.398 e. The van der Waals surface area contributed by atoms with Crippen molar-refractivity contribution in [2.75, 3.05) is 11.5 Å². The van der Waals surface area contributed by atoms with Crippen molar-refractivity contribution in [1.29, 1.82) is 0 Å². The topological polar surface area (TPSA) is 60.2 Å². The van der Waals surface area contributed by atoms with Crippen molar-refractivity contribution in [1.82, 2.24) is 0 Å². The summed E-state index contributed by atoms with van der Waals surface area (Å²) >= 11 is 5.71. The van der Waals surface area contributed by atoms with E-state index in [9.17, 15) is 8.42 Å². The minimum absolute atomic E-state index is 0.207. The molecule has 0 spiro atoms. The second-order valence-corrected chi connectivity index (χ2v) is 6.35. The van der Waals surface area contributed by atoms with Crippen molar-refractivity contribution in [3.8, 4) is 0 Å². The number of rotatable bonds is 3. The van der Waals surface area contributed by atoms with E-state index in [0.717, 1.165) is 12.8 Å². The maximum absolute atomic E-state index is 11.9. The second kappa shape index (κ2) is 3.68. The first-order chi connectivity index (χ1) is 6.99. The van der Waals surface area contributed by atoms with Crippen LogP contribution in [-0.4, -0.2) is 14.2 Å². The fourth-order valence-electron chi connectivity index (χ4n) is 1.49. The van der Waals surface area contributed by atoms with E-state index in [1.54, 1.807) is 6.07 Å². The number of benzene rings is 1. The maximum atomic E-state index is 11.9. The number of anilines is 1. The smallest absolute Gasteiger partial charge is 0.180 e. The first-order valence-corrected chi connectivity index (χ1v) is 6.80. The summed E-state index contributed by atoms with van der Waals surface area (Å²) < 4.78 is 23.8. The molecule has 0 unspecified atom stereocenters. The Morgan fingerprint density at radius 3 is 2.60 bits per heavy atom. The van der Waals surface area contributed by atoms with Gasteiger partial charge in [-0.05, 0) is 37.0 Å². The lowest BCUT2D eigenvalue weighted by Gasteiger charge is -2.06. The number of sulfone groups is 1. The molecule has 1 aliphatic rings. The summed E-state index contributed by atoms with van der Waals surface area (Å²) in [7, 11) is -3.23. The van der Waals surface area contributed by atoms with Crippen molar-refractivity contribution in [3.63, 3.8) is 0 Å². The van der Waals surface area contributed by atoms with Gasteiger partial charge in [-0.3, -0.25) is 0 Å². The average molecular weight is 246 g/mol. The molecule has 1 saturated carbocycles. The molecule has 0 atom stereocenters. The lowest BCUT2D eigenvalue weighted by molar-refractivity contribution is 0.592. The van der Waals surface area contributed by atoms with E-state index >= 15 is 0 Å². The van der Waals surface area contributed by atoms with Gasteiger partial charge in [0.05, 0.1) is 16.3 Å². The second-order valence-electron chi connectivity index (χ2n) is 3.91. The minimum Gasteiger partial charge on any atom is -0.398 e. The molecule has 5 heteroatoms. The minimum atomic E-state index is -3.23. The van der Waals surface area contributed by atoms with E-state index in [2.05, 4.69) is 0 Å². The molecular formula is C10H12ClNO2S. The van der Waals surface area contributed by atoms with Gasteiger partial charge in [-0.1, -0.05) is 11.6 Å². The van der Waals surface area contributed by atoms with E-state index in [0.29, 0.717) is 10.9 Å². The van der Waals surface area contributed by atoms with E-state index in [4.69, 9.17) is 17.3 Å². The number of hydrogen-bond donors (Lipinski definition) is 1. The van der Waals surface area contributed by atoms with Crippen LogP contribution in [0.25, 0.3) is 0 Å². The monoisotopic (exact) mass is 245 g/mol. The summed E-state index contributed by atoms with van der Waals surface area (Å²) in [5.41, 5.74) is 5.88. The molecule has 82 valence electrons. The fourth-order valence-corrected chi connectivity index (χ4v) is 3.49. The highest BCUT2D eigenvalue weighted by molar-refractivity contribution is 7.91. The van der Waals surface area contributed by atoms with Gasteiger partial charge in [0.15, 0.2) is 9.84 Å². The molecule has 0 aromatic heterocycles. The normalized spacial score (nSPS) is 16.6. The molecule has 2 N–H and O–H groups in total. The molecule has 1 aliphatic carbocycles. The van der Waals surface area contributed by atoms with Crippen LogP contribution in [-0.2, 0) is 9.84 Å². The van der Waals surface area contributed by atoms with Gasteiger partial charge in [-0.15, -0.1) is 0 Å². The van der Waals surface area contributed by atoms with Gasteiger partial charge in [-0.25, -0.2) is 8.42 Å². The van der Waals surface area contributed by atoms with Crippen LogP contribution in [0.5, 0.6) is 0 Å². The van der Waals surface area contributed by atoms with Crippen molar-refractivity contribution < 1.29 is 8.42 Å². The highest BCUT2D eigenvalue weighted by Gasteiger charge is 2.29. The lowest BCUT2D eigenvalue weighted by atomic mass is 10.3. The zero-order chi connectivity index (χ0) is 11.1. The van der Waals surface area contributed by atoms with Crippen molar-refractivity contribution in [2.24, 2.45) is 5.92 Å². The molecule has 1 fully saturated rings. The lowest BCUT2D eigenvalue weighted by Crippen LogP contribution is -2.10. The SMILES string of the molecule is Nc1cc(Cl)ccc1S(=O)(=O)CC1CC1. The van der Waals surface area contributed by atoms with Crippen LogP contribution >= 0.6 is 11.6 Å². The Morgan fingerprint density at radius 1 is 1.40 bits per heavy atom. The Hall–Kier alpha value is -0.740. The Labute approximate surface area is 94.2 Å². The van der Waals surface area contributed by atoms with E-state index in [-0.39, 0.29) is 16.3 Å². The van der Waals surface area contributed by atoms with E-state index in [1.807, 2.05) is 0 Å². The predicted octanol–water partition coefficient (Wildman–Crippen LogP) is 2.11. The highest BCUT2D eigenvalue weighted by atomic mass is 35.5. The number of nitrogen functional groups attached to an aromatic ring is 1. The Kier molecular flexibility index (Phi) is 2.64. The highest BCUT2D eigenvalue weighted by Crippen LogP contribution is 2.33. The first kappa shape index (κ1) is 10.8. The van der Waals surface area contributed by atoms with Gasteiger partial charge in [-0.2, -0.15) is 0 Å². The predicted molar refractivity (Wildman–Crippen MR) is 60.6 cm³/mol. The third kappa shape index (κ3) is 2.44. The Bertz CT molecular complexity index is 480. The molecule has 0 radical (unpaired) electrons. The molecule has 0 heterocycles. The van der Waals surface area contributed by atoms with Crippen LogP contribution in [0, 0.1) is 5.92 Å². The molecular weight excluding hydrogens is 234 g/mol. The van der Waals surface area contributed by atoms with E-state index in [1.165, 1.54) is 12.1 Å². The third-order valence-corrected chi connectivity index (χ3v) is 4.65. The van der Waals surface area contributed by atoms with Crippen molar-refractivity contribution >= 4 is 27.1 Å². The van der Waals surface area contributed by atoms with Crippen LogP contribution in [0.1, 0.15) is 12.8 Å². The maximum Gasteiger partial charge on any atom is 0.180 e. The summed E-state index contributed by atoms with van der Waals surface area (Å²) in [5.74, 6) is 0.531. The van der Waals surface area contributed by atoms with Crippen LogP contribution in [0.3, 0.4) is 0 Å². The molecule has 15 heavy (non-hydrogen) atoms. The van der Waals surface area contributed by atoms with Gasteiger partial charge < -0.3 is 5.73 Å². The molecule has 0 bridgehead atoms. The standard InChI is InChI=1S/C10H12ClNO2S/c11-8-3-4-10(9(12)5-8)15(13,14)6-7-1-2-7/h3-5,7H,1-2,6,12H2. The number of nitrogens with two attached hydrogens (primary N) is 1. The average Bonchev–Trinajstić information content (AvgIpc) is 2.86. The summed E-state index contributed by atoms with van der Waals surface area (Å²) in [4.78, 5) is 0.207. The van der Waals surface area contributed by atoms with Gasteiger partial charge in [0.25, 0.3) is 0 Å². The Balaban J connectivity index is 2.34. The van der Waals surface area contributed by atoms with Crippen molar-refractivity contribution in [3.05, 3.63) is 23.2 Å². The van der Waals surface area contributed by atoms with Gasteiger partial charge in [0, 0.05) is 5.02 Å². The number of halogens is 1. The first-order valence-electron chi connectivity index (χ1n) is 4.77. The van der Waals surface area contributed by atoms with Gasteiger partial charge in [0.2, 0.25) is 0 Å². The van der Waals surface area contributed by atoms with Crippen LogP contribution < -0.4 is 5.73 Å². The van der Waals surface area contributed by atoms with Gasteiger partial charge >= 0.3 is 0 Å². The van der Waals surface area contributed by atoms with Gasteiger partial charge in [0.1, 0.15) is 0 Å². The third-order valence-electron chi connectivity index (χ3n) is 2.46. The summed E-state index contributed by atoms with van der Waals surface area (Å²) in [6.07, 6.45) is 2.01. The molecule has 0 aliphatic heterocycles. The zero-order valence-electron chi connectivity index (χ0n) is 8.11. The number of hydrogen-bond acceptors (Lipinski definition) is 3. The molecule has 0 saturated heterocycles. The molecule has 3 nitrogen and oxygen atoms in total. The summed E-state index contributed by atoms with van der Waals surface area (Å²) in [6.45, 7) is 0. The molecule has 1 aromatic carbocycles. The van der Waals surface area contributed by atoms with Crippen LogP contribution in [0.15, 0.2) is 23.1 Å². The van der Waals surface area contributed by atoms with Crippen LogP contribution in [0.2, 0.25) is 5.02 Å². The molecule has 0 amide bonds. The fraction of sp³-hybridized carbons (Fsp3) is 0.400. The van der Waals surface area contributed by atoms with E-state index < -0.39 is 9.84 Å². The Morgan fingerprint density at radius 2 is 2.07 bits per heavy atom.